The van der Waals surface area contributed by atoms with Gasteiger partial charge in [-0.1, -0.05) is 6.07 Å². The van der Waals surface area contributed by atoms with Gasteiger partial charge in [0.2, 0.25) is 0 Å². The van der Waals surface area contributed by atoms with Gasteiger partial charge >= 0.3 is 0 Å². The lowest BCUT2D eigenvalue weighted by molar-refractivity contribution is 0.0718. The van der Waals surface area contributed by atoms with Crippen LogP contribution < -0.4 is 5.32 Å². The van der Waals surface area contributed by atoms with Gasteiger partial charge in [-0.3, -0.25) is 0 Å². The van der Waals surface area contributed by atoms with E-state index in [1.165, 1.54) is 38.1 Å². The molecule has 3 saturated heterocycles. The van der Waals surface area contributed by atoms with Gasteiger partial charge in [0.05, 0.1) is 0 Å². The number of hydrogen-bond donors (Lipinski definition) is 1. The Morgan fingerprint density at radius 1 is 1.22 bits per heavy atom. The molecule has 3 aliphatic rings. The van der Waals surface area contributed by atoms with E-state index >= 15 is 0 Å². The molecule has 1 N–H and O–H groups in total. The lowest BCUT2D eigenvalue weighted by atomic mass is 9.84. The maximum absolute atomic E-state index is 13.5. The second-order valence-electron chi connectivity index (χ2n) is 5.36. The molecule has 4 heteroatoms. The lowest BCUT2D eigenvalue weighted by Crippen LogP contribution is -2.55. The number of fused-ring (bicyclic) bond motifs is 3. The summed E-state index contributed by atoms with van der Waals surface area (Å²) in [5.41, 5.74) is 0.549. The Labute approximate surface area is 106 Å². The van der Waals surface area contributed by atoms with Crippen LogP contribution in [0.3, 0.4) is 0 Å². The molecule has 0 spiro atoms. The molecule has 3 aliphatic heterocycles. The van der Waals surface area contributed by atoms with Crippen LogP contribution in [0.1, 0.15) is 18.4 Å². The predicted molar refractivity (Wildman–Crippen MR) is 66.1 cm³/mol. The first-order chi connectivity index (χ1) is 8.72. The summed E-state index contributed by atoms with van der Waals surface area (Å²) in [4.78, 5) is 2.46. The van der Waals surface area contributed by atoms with Gasteiger partial charge in [-0.25, -0.2) is 8.78 Å². The van der Waals surface area contributed by atoms with E-state index in [0.29, 0.717) is 18.2 Å². The van der Waals surface area contributed by atoms with Gasteiger partial charge in [0.15, 0.2) is 0 Å². The maximum atomic E-state index is 13.5. The third-order valence-corrected chi connectivity index (χ3v) is 4.23. The summed E-state index contributed by atoms with van der Waals surface area (Å²) in [5.74, 6) is -0.249. The monoisotopic (exact) mass is 252 g/mol. The smallest absolute Gasteiger partial charge is 0.130 e. The van der Waals surface area contributed by atoms with Crippen LogP contribution >= 0.6 is 0 Å². The zero-order valence-corrected chi connectivity index (χ0v) is 10.3. The Bertz CT molecular complexity index is 428. The van der Waals surface area contributed by atoms with E-state index < -0.39 is 11.6 Å². The largest absolute Gasteiger partial charge is 0.308 e. The zero-order valence-electron chi connectivity index (χ0n) is 10.3. The second-order valence-corrected chi connectivity index (χ2v) is 5.36. The molecule has 2 nitrogen and oxygen atoms in total. The summed E-state index contributed by atoms with van der Waals surface area (Å²) in [6.07, 6.45) is 2.48. The topological polar surface area (TPSA) is 15.3 Å². The van der Waals surface area contributed by atoms with Crippen LogP contribution in [0.4, 0.5) is 8.78 Å². The van der Waals surface area contributed by atoms with E-state index in [9.17, 15) is 8.78 Å². The van der Waals surface area contributed by atoms with Crippen LogP contribution in [-0.4, -0.2) is 30.6 Å². The number of hydrogen-bond acceptors (Lipinski definition) is 2. The second kappa shape index (κ2) is 4.94. The fourth-order valence-electron chi connectivity index (χ4n) is 3.10. The van der Waals surface area contributed by atoms with Crippen molar-refractivity contribution in [3.8, 4) is 0 Å². The third-order valence-electron chi connectivity index (χ3n) is 4.23. The van der Waals surface area contributed by atoms with Crippen molar-refractivity contribution in [2.75, 3.05) is 19.6 Å². The predicted octanol–water partition coefficient (Wildman–Crippen LogP) is 2.15. The first-order valence-electron chi connectivity index (χ1n) is 6.62. The summed E-state index contributed by atoms with van der Waals surface area (Å²) in [7, 11) is 0. The van der Waals surface area contributed by atoms with Gasteiger partial charge in [-0.15, -0.1) is 0 Å². The maximum Gasteiger partial charge on any atom is 0.130 e. The van der Waals surface area contributed by atoms with Crippen molar-refractivity contribution in [3.63, 3.8) is 0 Å². The molecule has 1 aromatic rings. The highest BCUT2D eigenvalue weighted by Gasteiger charge is 2.33. The number of benzene rings is 1. The highest BCUT2D eigenvalue weighted by atomic mass is 19.1. The highest BCUT2D eigenvalue weighted by Crippen LogP contribution is 2.27. The number of halogens is 2. The molecule has 1 unspecified atom stereocenters. The van der Waals surface area contributed by atoms with Crippen LogP contribution in [-0.2, 0) is 6.54 Å². The number of nitrogens with zero attached hydrogens (tertiary/aromatic N) is 1. The molecule has 18 heavy (non-hydrogen) atoms. The number of rotatable bonds is 3. The van der Waals surface area contributed by atoms with E-state index in [4.69, 9.17) is 0 Å². The van der Waals surface area contributed by atoms with Crippen LogP contribution in [0.15, 0.2) is 18.2 Å². The number of nitrogens with one attached hydrogen (secondary N) is 1. The molecule has 1 aromatic carbocycles. The van der Waals surface area contributed by atoms with Crippen LogP contribution in [0.25, 0.3) is 0 Å². The summed E-state index contributed by atoms with van der Waals surface area (Å²) in [5, 5.41) is 3.43. The normalized spacial score (nSPS) is 30.7. The molecule has 3 fully saturated rings. The fourth-order valence-corrected chi connectivity index (χ4v) is 3.10. The first kappa shape index (κ1) is 12.1. The Morgan fingerprint density at radius 3 is 2.61 bits per heavy atom. The fraction of sp³-hybridized carbons (Fsp3) is 0.571. The lowest BCUT2D eigenvalue weighted by Gasteiger charge is -2.45. The van der Waals surface area contributed by atoms with Crippen molar-refractivity contribution >= 4 is 0 Å². The first-order valence-corrected chi connectivity index (χ1v) is 6.62. The average molecular weight is 252 g/mol. The molecule has 4 rings (SSSR count). The van der Waals surface area contributed by atoms with E-state index in [-0.39, 0.29) is 0 Å². The molecule has 98 valence electrons. The van der Waals surface area contributed by atoms with Crippen molar-refractivity contribution in [1.82, 2.24) is 10.2 Å². The third kappa shape index (κ3) is 2.40. The quantitative estimate of drug-likeness (QED) is 0.886. The SMILES string of the molecule is Fc1ccc(CNC2CN3CCC2CC3)c(F)c1. The van der Waals surface area contributed by atoms with E-state index in [1.807, 2.05) is 0 Å². The van der Waals surface area contributed by atoms with Crippen molar-refractivity contribution in [3.05, 3.63) is 35.4 Å². The van der Waals surface area contributed by atoms with Gasteiger partial charge < -0.3 is 10.2 Å². The summed E-state index contributed by atoms with van der Waals surface area (Å²) in [6.45, 7) is 3.95. The van der Waals surface area contributed by atoms with Gasteiger partial charge in [-0.05, 0) is 37.9 Å². The Morgan fingerprint density at radius 2 is 2.00 bits per heavy atom. The molecule has 0 saturated carbocycles. The van der Waals surface area contributed by atoms with Gasteiger partial charge in [0, 0.05) is 30.8 Å². The van der Waals surface area contributed by atoms with Gasteiger partial charge in [0.1, 0.15) is 11.6 Å². The van der Waals surface area contributed by atoms with Crippen LogP contribution in [0.5, 0.6) is 0 Å². The minimum atomic E-state index is -0.515. The summed E-state index contributed by atoms with van der Waals surface area (Å²) >= 11 is 0. The van der Waals surface area contributed by atoms with Crippen molar-refractivity contribution in [2.45, 2.75) is 25.4 Å². The molecule has 0 amide bonds. The Balaban J connectivity index is 1.61. The molecule has 3 heterocycles. The highest BCUT2D eigenvalue weighted by molar-refractivity contribution is 5.18. The molecular weight excluding hydrogens is 234 g/mol. The molecular formula is C14H18F2N2. The van der Waals surface area contributed by atoms with Crippen molar-refractivity contribution in [2.24, 2.45) is 5.92 Å². The number of piperidine rings is 3. The molecule has 0 aromatic heterocycles. The van der Waals surface area contributed by atoms with E-state index in [1.54, 1.807) is 0 Å². The van der Waals surface area contributed by atoms with E-state index in [0.717, 1.165) is 18.5 Å². The summed E-state index contributed by atoms with van der Waals surface area (Å²) in [6, 6.07) is 4.25. The molecule has 1 atom stereocenters. The molecule has 0 radical (unpaired) electrons. The zero-order chi connectivity index (χ0) is 12.5. The Kier molecular flexibility index (Phi) is 3.31. The molecule has 2 bridgehead atoms. The minimum absolute atomic E-state index is 0.455. The average Bonchev–Trinajstić information content (AvgIpc) is 2.39. The van der Waals surface area contributed by atoms with Crippen molar-refractivity contribution < 1.29 is 8.78 Å². The minimum Gasteiger partial charge on any atom is -0.308 e. The Hall–Kier alpha value is -1.00. The van der Waals surface area contributed by atoms with Crippen LogP contribution in [0.2, 0.25) is 0 Å². The van der Waals surface area contributed by atoms with Gasteiger partial charge in [0.25, 0.3) is 0 Å². The van der Waals surface area contributed by atoms with E-state index in [2.05, 4.69) is 10.2 Å². The van der Waals surface area contributed by atoms with Gasteiger partial charge in [-0.2, -0.15) is 0 Å². The summed E-state index contributed by atoms with van der Waals surface area (Å²) < 4.78 is 26.3. The standard InChI is InChI=1S/C14H18F2N2/c15-12-2-1-11(13(16)7-12)8-17-14-9-18-5-3-10(14)4-6-18/h1-2,7,10,14,17H,3-6,8-9H2. The van der Waals surface area contributed by atoms with Crippen molar-refractivity contribution in [1.29, 1.82) is 0 Å². The van der Waals surface area contributed by atoms with Crippen LogP contribution in [0, 0.1) is 17.6 Å². The molecule has 0 aliphatic carbocycles.